The molecule has 0 radical (unpaired) electrons. The Bertz CT molecular complexity index is 1710. The molecule has 2 amide bonds. The summed E-state index contributed by atoms with van der Waals surface area (Å²) in [7, 11) is 0. The number of hydrogen-bond donors (Lipinski definition) is 4. The van der Waals surface area contributed by atoms with Gasteiger partial charge in [-0.2, -0.15) is 5.10 Å². The van der Waals surface area contributed by atoms with Crippen LogP contribution in [-0.4, -0.2) is 56.8 Å². The van der Waals surface area contributed by atoms with Crippen molar-refractivity contribution >= 4 is 44.7 Å². The van der Waals surface area contributed by atoms with Gasteiger partial charge in [0.2, 0.25) is 11.8 Å². The van der Waals surface area contributed by atoms with E-state index < -0.39 is 17.4 Å². The fraction of sp³-hybridized carbons (Fsp3) is 0.214. The van der Waals surface area contributed by atoms with Gasteiger partial charge in [-0.15, -0.1) is 16.4 Å². The minimum Gasteiger partial charge on any atom is -0.436 e. The maximum absolute atomic E-state index is 13.9. The molecule has 0 saturated carbocycles. The first-order chi connectivity index (χ1) is 19.7. The van der Waals surface area contributed by atoms with Crippen molar-refractivity contribution in [2.75, 3.05) is 18.8 Å². The van der Waals surface area contributed by atoms with E-state index in [2.05, 4.69) is 27.1 Å². The first kappa shape index (κ1) is 26.5. The largest absolute Gasteiger partial charge is 0.436 e. The van der Waals surface area contributed by atoms with Gasteiger partial charge in [-0.1, -0.05) is 12.6 Å². The molecule has 1 aromatic carbocycles. The molecular weight excluding hydrogens is 544 g/mol. The molecule has 4 aromatic rings. The summed E-state index contributed by atoms with van der Waals surface area (Å²) in [5.41, 5.74) is 19.6. The predicted octanol–water partition coefficient (Wildman–Crippen LogP) is 1.76. The summed E-state index contributed by atoms with van der Waals surface area (Å²) in [4.78, 5) is 45.8. The van der Waals surface area contributed by atoms with Gasteiger partial charge in [0.1, 0.15) is 11.3 Å². The molecule has 41 heavy (non-hydrogen) atoms. The van der Waals surface area contributed by atoms with Crippen LogP contribution in [-0.2, 0) is 15.1 Å². The van der Waals surface area contributed by atoms with Gasteiger partial charge < -0.3 is 32.2 Å². The molecule has 3 aromatic heterocycles. The number of likely N-dealkylation sites (tertiary alicyclic amines) is 1. The number of carbonyl (C=O) groups excluding carboxylic acids is 3. The Balaban J connectivity index is 1.37. The topological polar surface area (TPSA) is 192 Å². The summed E-state index contributed by atoms with van der Waals surface area (Å²) in [6.45, 7) is 4.39. The lowest BCUT2D eigenvalue weighted by atomic mass is 9.72. The Morgan fingerprint density at radius 3 is 2.78 bits per heavy atom. The molecule has 3 atom stereocenters. The number of ether oxygens (including phenoxy) is 1. The van der Waals surface area contributed by atoms with Crippen LogP contribution in [0.2, 0.25) is 0 Å². The van der Waals surface area contributed by atoms with Crippen molar-refractivity contribution in [1.82, 2.24) is 25.4 Å². The van der Waals surface area contributed by atoms with Gasteiger partial charge in [-0.3, -0.25) is 19.4 Å². The zero-order valence-electron chi connectivity index (χ0n) is 21.7. The van der Waals surface area contributed by atoms with E-state index in [1.807, 2.05) is 0 Å². The number of benzene rings is 1. The minimum atomic E-state index is -1.70. The van der Waals surface area contributed by atoms with Crippen LogP contribution >= 0.6 is 11.3 Å². The highest BCUT2D eigenvalue weighted by atomic mass is 32.1. The second kappa shape index (κ2) is 10.0. The van der Waals surface area contributed by atoms with E-state index in [9.17, 15) is 14.4 Å². The number of nitrogens with one attached hydrogen (secondary N) is 1. The lowest BCUT2D eigenvalue weighted by molar-refractivity contribution is -0.125. The molecular formula is C28H26N8O4S. The van der Waals surface area contributed by atoms with E-state index in [1.54, 1.807) is 41.3 Å². The molecule has 12 nitrogen and oxygen atoms in total. The zero-order valence-corrected chi connectivity index (χ0v) is 22.6. The average molecular weight is 571 g/mol. The highest BCUT2D eigenvalue weighted by Gasteiger charge is 2.49. The molecule has 0 spiro atoms. The molecule has 1 aliphatic carbocycles. The van der Waals surface area contributed by atoms with E-state index in [1.165, 1.54) is 18.5 Å². The smallest absolute Gasteiger partial charge is 0.262 e. The molecule has 1 aliphatic heterocycles. The van der Waals surface area contributed by atoms with Crippen LogP contribution in [0.4, 0.5) is 5.69 Å². The summed E-state index contributed by atoms with van der Waals surface area (Å²) in [6, 6.07) is 8.44. The van der Waals surface area contributed by atoms with Crippen LogP contribution in [0.25, 0.3) is 10.1 Å². The Labute approximate surface area is 238 Å². The quantitative estimate of drug-likeness (QED) is 0.196. The summed E-state index contributed by atoms with van der Waals surface area (Å²) < 4.78 is 6.28. The molecule has 1 saturated heterocycles. The number of pyridine rings is 1. The maximum atomic E-state index is 13.9. The van der Waals surface area contributed by atoms with Crippen molar-refractivity contribution in [2.24, 2.45) is 11.5 Å². The Morgan fingerprint density at radius 2 is 2.07 bits per heavy atom. The minimum absolute atomic E-state index is 0.190. The summed E-state index contributed by atoms with van der Waals surface area (Å²) in [5.74, 6) is -0.428. The third-order valence-corrected chi connectivity index (χ3v) is 8.69. The van der Waals surface area contributed by atoms with Gasteiger partial charge in [0.05, 0.1) is 27.5 Å². The SMILES string of the molecule is C=CC(=O)N1CCC(NC(=O)c2sc3c(N)ccc4c3c2C(N)C(=O)C4(N)c2ccc(Oc3cccnn3)cn2)C1. The molecule has 7 N–H and O–H groups in total. The second-order valence-corrected chi connectivity index (χ2v) is 10.9. The van der Waals surface area contributed by atoms with Crippen molar-refractivity contribution in [2.45, 2.75) is 24.0 Å². The fourth-order valence-corrected chi connectivity index (χ4v) is 6.61. The highest BCUT2D eigenvalue weighted by molar-refractivity contribution is 7.21. The Kier molecular flexibility index (Phi) is 6.49. The van der Waals surface area contributed by atoms with Crippen molar-refractivity contribution < 1.29 is 19.1 Å². The number of rotatable bonds is 6. The van der Waals surface area contributed by atoms with Gasteiger partial charge in [0, 0.05) is 48.0 Å². The predicted molar refractivity (Wildman–Crippen MR) is 152 cm³/mol. The number of carbonyl (C=O) groups is 3. The number of Topliss-reactive ketones (excluding diaryl/α,β-unsaturated/α-hetero) is 1. The lowest BCUT2D eigenvalue weighted by Gasteiger charge is -2.35. The standard InChI is InChI=1S/C28H26N8O4S/c1-2-20(37)36-11-9-14(13-36)34-27(39)25-22-21-16(6-7-17(29)24(21)41-25)28(31,26(38)23(22)30)18-8-5-15(12-32-18)40-19-4-3-10-33-35-19/h2-8,10,12,14,23H,1,9,11,13,29-31H2,(H,34,39). The molecule has 3 unspecified atom stereocenters. The van der Waals surface area contributed by atoms with Crippen molar-refractivity contribution in [3.05, 3.63) is 83.1 Å². The van der Waals surface area contributed by atoms with Gasteiger partial charge in [-0.25, -0.2) is 0 Å². The van der Waals surface area contributed by atoms with E-state index in [-0.39, 0.29) is 34.3 Å². The molecule has 6 rings (SSSR count). The third kappa shape index (κ3) is 4.30. The van der Waals surface area contributed by atoms with E-state index in [0.717, 1.165) is 11.3 Å². The van der Waals surface area contributed by atoms with Crippen LogP contribution in [0.5, 0.6) is 11.6 Å². The van der Waals surface area contributed by atoms with Crippen molar-refractivity contribution in [1.29, 1.82) is 0 Å². The van der Waals surface area contributed by atoms with Crippen LogP contribution in [0.1, 0.15) is 39.0 Å². The van der Waals surface area contributed by atoms with Crippen LogP contribution in [0.3, 0.4) is 0 Å². The molecule has 13 heteroatoms. The van der Waals surface area contributed by atoms with E-state index in [4.69, 9.17) is 21.9 Å². The first-order valence-corrected chi connectivity index (χ1v) is 13.6. The number of aromatic nitrogens is 3. The third-order valence-electron chi connectivity index (χ3n) is 7.44. The molecule has 2 aliphatic rings. The monoisotopic (exact) mass is 570 g/mol. The van der Waals surface area contributed by atoms with Crippen molar-refractivity contribution in [3.8, 4) is 11.6 Å². The number of hydrogen-bond acceptors (Lipinski definition) is 11. The Hall–Kier alpha value is -4.72. The van der Waals surface area contributed by atoms with Gasteiger partial charge in [0.15, 0.2) is 5.78 Å². The van der Waals surface area contributed by atoms with Crippen LogP contribution in [0.15, 0.2) is 61.4 Å². The zero-order chi connectivity index (χ0) is 28.9. The van der Waals surface area contributed by atoms with Gasteiger partial charge >= 0.3 is 0 Å². The number of nitrogens with zero attached hydrogens (tertiary/aromatic N) is 4. The number of ketones is 1. The van der Waals surface area contributed by atoms with E-state index >= 15 is 0 Å². The second-order valence-electron chi connectivity index (χ2n) is 9.89. The molecule has 208 valence electrons. The number of anilines is 1. The molecule has 1 fully saturated rings. The van der Waals surface area contributed by atoms with Gasteiger partial charge in [-0.05, 0) is 42.3 Å². The number of thiophene rings is 1. The number of nitrogens with two attached hydrogens (primary N) is 3. The summed E-state index contributed by atoms with van der Waals surface area (Å²) in [5, 5.41) is 11.2. The van der Waals surface area contributed by atoms with Crippen molar-refractivity contribution in [3.63, 3.8) is 0 Å². The Morgan fingerprint density at radius 1 is 1.24 bits per heavy atom. The number of amides is 2. The maximum Gasteiger partial charge on any atom is 0.262 e. The van der Waals surface area contributed by atoms with E-state index in [0.29, 0.717) is 52.2 Å². The van der Waals surface area contributed by atoms with Gasteiger partial charge in [0.25, 0.3) is 5.91 Å². The average Bonchev–Trinajstić information content (AvgIpc) is 3.62. The fourth-order valence-electron chi connectivity index (χ4n) is 5.41. The first-order valence-electron chi connectivity index (χ1n) is 12.8. The highest BCUT2D eigenvalue weighted by Crippen LogP contribution is 2.49. The number of nitrogen functional groups attached to an aromatic ring is 1. The summed E-state index contributed by atoms with van der Waals surface area (Å²) >= 11 is 1.16. The summed E-state index contributed by atoms with van der Waals surface area (Å²) in [6.07, 6.45) is 4.82. The normalized spacial score (nSPS) is 21.6. The molecule has 0 bridgehead atoms. The molecule has 4 heterocycles. The van der Waals surface area contributed by atoms with Crippen LogP contribution < -0.4 is 27.3 Å². The lowest BCUT2D eigenvalue weighted by Crippen LogP contribution is -2.53. The van der Waals surface area contributed by atoms with Crippen LogP contribution in [0, 0.1) is 0 Å².